The summed E-state index contributed by atoms with van der Waals surface area (Å²) in [5, 5.41) is 3.83. The third-order valence-electron chi connectivity index (χ3n) is 10.9. The minimum Gasteiger partial charge on any atom is -0.497 e. The molecule has 1 saturated heterocycles. The lowest BCUT2D eigenvalue weighted by Gasteiger charge is -2.39. The van der Waals surface area contributed by atoms with E-state index in [1.165, 1.54) is 14.2 Å². The number of hydrogen-bond acceptors (Lipinski definition) is 11. The summed E-state index contributed by atoms with van der Waals surface area (Å²) < 4.78 is 50.3. The van der Waals surface area contributed by atoms with Gasteiger partial charge in [-0.05, 0) is 65.5 Å². The Kier molecular flexibility index (Phi) is 11.7. The highest BCUT2D eigenvalue weighted by Crippen LogP contribution is 2.49. The predicted octanol–water partition coefficient (Wildman–Crippen LogP) is 8.80. The molecule has 0 saturated carbocycles. The van der Waals surface area contributed by atoms with E-state index in [1.54, 1.807) is 26.9 Å². The third-order valence-corrected chi connectivity index (χ3v) is 17.3. The summed E-state index contributed by atoms with van der Waals surface area (Å²) in [6.45, 7) is 11.1. The maximum absolute atomic E-state index is 13.0. The van der Waals surface area contributed by atoms with Gasteiger partial charge in [-0.2, -0.15) is 0 Å². The zero-order valence-corrected chi connectivity index (χ0v) is 34.5. The Balaban J connectivity index is 1.45. The molecule has 3 heterocycles. The van der Waals surface area contributed by atoms with Gasteiger partial charge in [-0.15, -0.1) is 0 Å². The van der Waals surface area contributed by atoms with Crippen LogP contribution in [0.25, 0.3) is 11.2 Å². The second kappa shape index (κ2) is 15.9. The predicted molar refractivity (Wildman–Crippen MR) is 213 cm³/mol. The van der Waals surface area contributed by atoms with Gasteiger partial charge in [0, 0.05) is 20.6 Å². The zero-order valence-electron chi connectivity index (χ0n) is 32.6. The number of hydrogen-bond donors (Lipinski definition) is 1. The lowest BCUT2D eigenvalue weighted by Crippen LogP contribution is -2.45. The molecular formula is C40H52N5O7PSi. The molecule has 2 aromatic heterocycles. The van der Waals surface area contributed by atoms with Crippen molar-refractivity contribution < 1.29 is 32.2 Å². The highest BCUT2D eigenvalue weighted by atomic mass is 31.2. The van der Waals surface area contributed by atoms with E-state index in [9.17, 15) is 4.57 Å². The van der Waals surface area contributed by atoms with Gasteiger partial charge in [0.15, 0.2) is 31.5 Å². The number of anilines is 1. The van der Waals surface area contributed by atoms with E-state index in [0.29, 0.717) is 29.8 Å². The van der Waals surface area contributed by atoms with E-state index in [2.05, 4.69) is 75.6 Å². The smallest absolute Gasteiger partial charge is 0.330 e. The van der Waals surface area contributed by atoms with Crippen molar-refractivity contribution in [1.29, 1.82) is 0 Å². The van der Waals surface area contributed by atoms with Crippen molar-refractivity contribution in [2.24, 2.45) is 0 Å². The van der Waals surface area contributed by atoms with Gasteiger partial charge in [-0.1, -0.05) is 75.4 Å². The van der Waals surface area contributed by atoms with Crippen LogP contribution in [0, 0.1) is 0 Å². The van der Waals surface area contributed by atoms with Crippen LogP contribution >= 0.6 is 7.60 Å². The summed E-state index contributed by atoms with van der Waals surface area (Å²) in [6, 6.07) is 26.3. The van der Waals surface area contributed by atoms with Crippen molar-refractivity contribution >= 4 is 32.9 Å². The standard InChI is InChI=1S/C40H52N5O7PSi/c1-39(2,3)54(8,9)52-34-25-33(23-24-53(46,49-6)50-7)51-38(34)45-27-43-35-36(41-26-42-37(35)45)44-40(28-13-11-10-12-14-28,29-15-19-31(47-4)20-16-29)30-17-21-32(48-5)22-18-30/h10-22,26-27,33-34,38H,23-25H2,1-9H3,(H,41,42,44)/t33-,34-,38-/m1/s1. The van der Waals surface area contributed by atoms with Crippen molar-refractivity contribution in [2.45, 2.75) is 75.7 Å². The molecule has 14 heteroatoms. The number of rotatable bonds is 15. The minimum atomic E-state index is -3.23. The fourth-order valence-corrected chi connectivity index (χ4v) is 9.20. The largest absolute Gasteiger partial charge is 0.497 e. The van der Waals surface area contributed by atoms with E-state index >= 15 is 0 Å². The summed E-state index contributed by atoms with van der Waals surface area (Å²) in [5.41, 5.74) is 3.14. The van der Waals surface area contributed by atoms with Crippen LogP contribution in [0.2, 0.25) is 18.1 Å². The summed E-state index contributed by atoms with van der Waals surface area (Å²) in [7, 11) is 0.659. The number of fused-ring (bicyclic) bond motifs is 1. The molecule has 288 valence electrons. The first-order valence-electron chi connectivity index (χ1n) is 18.1. The molecule has 0 spiro atoms. The molecule has 1 N–H and O–H groups in total. The van der Waals surface area contributed by atoms with Gasteiger partial charge in [0.2, 0.25) is 0 Å². The average Bonchev–Trinajstić information content (AvgIpc) is 3.80. The highest BCUT2D eigenvalue weighted by molar-refractivity contribution is 7.53. The summed E-state index contributed by atoms with van der Waals surface area (Å²) >= 11 is 0. The number of nitrogens with zero attached hydrogens (tertiary/aromatic N) is 4. The molecule has 0 radical (unpaired) electrons. The van der Waals surface area contributed by atoms with Crippen molar-refractivity contribution in [1.82, 2.24) is 19.5 Å². The summed E-state index contributed by atoms with van der Waals surface area (Å²) in [4.78, 5) is 14.5. The molecule has 54 heavy (non-hydrogen) atoms. The third kappa shape index (κ3) is 7.84. The van der Waals surface area contributed by atoms with Gasteiger partial charge in [-0.3, -0.25) is 9.13 Å². The fraction of sp³-hybridized carbons (Fsp3) is 0.425. The molecule has 12 nitrogen and oxygen atoms in total. The molecule has 0 unspecified atom stereocenters. The van der Waals surface area contributed by atoms with E-state index in [-0.39, 0.29) is 23.4 Å². The lowest BCUT2D eigenvalue weighted by atomic mass is 9.77. The molecule has 5 aromatic rings. The molecule has 3 aromatic carbocycles. The zero-order chi connectivity index (χ0) is 38.7. The van der Waals surface area contributed by atoms with Crippen LogP contribution in [0.4, 0.5) is 5.82 Å². The number of benzene rings is 3. The van der Waals surface area contributed by atoms with E-state index in [0.717, 1.165) is 28.2 Å². The molecular weight excluding hydrogens is 722 g/mol. The average molecular weight is 774 g/mol. The Morgan fingerprint density at radius 1 is 0.833 bits per heavy atom. The van der Waals surface area contributed by atoms with Crippen LogP contribution in [0.1, 0.15) is 56.5 Å². The van der Waals surface area contributed by atoms with Crippen molar-refractivity contribution in [3.8, 4) is 11.5 Å². The van der Waals surface area contributed by atoms with Gasteiger partial charge in [0.05, 0.1) is 38.9 Å². The molecule has 3 atom stereocenters. The van der Waals surface area contributed by atoms with E-state index in [4.69, 9.17) is 42.6 Å². The Bertz CT molecular complexity index is 2000. The molecule has 1 fully saturated rings. The van der Waals surface area contributed by atoms with E-state index < -0.39 is 27.7 Å². The first-order valence-corrected chi connectivity index (χ1v) is 22.7. The van der Waals surface area contributed by atoms with Gasteiger partial charge in [-0.25, -0.2) is 15.0 Å². The van der Waals surface area contributed by atoms with Crippen LogP contribution in [-0.4, -0.2) is 74.6 Å². The minimum absolute atomic E-state index is 0.0304. The quantitative estimate of drug-likeness (QED) is 0.0623. The van der Waals surface area contributed by atoms with Crippen molar-refractivity contribution in [3.05, 3.63) is 108 Å². The topological polar surface area (TPSA) is 128 Å². The van der Waals surface area contributed by atoms with Gasteiger partial charge in [0.25, 0.3) is 0 Å². The van der Waals surface area contributed by atoms with Crippen molar-refractivity contribution in [3.63, 3.8) is 0 Å². The fourth-order valence-electron chi connectivity index (χ4n) is 6.76. The van der Waals surface area contributed by atoms with Crippen LogP contribution < -0.4 is 14.8 Å². The Morgan fingerprint density at radius 2 is 1.41 bits per heavy atom. The number of imidazole rings is 1. The lowest BCUT2D eigenvalue weighted by molar-refractivity contribution is -0.0321. The van der Waals surface area contributed by atoms with Gasteiger partial charge >= 0.3 is 7.60 Å². The van der Waals surface area contributed by atoms with Crippen LogP contribution in [0.3, 0.4) is 0 Å². The van der Waals surface area contributed by atoms with Crippen LogP contribution in [0.5, 0.6) is 11.5 Å². The van der Waals surface area contributed by atoms with Gasteiger partial charge in [0.1, 0.15) is 23.4 Å². The number of aromatic nitrogens is 4. The Labute approximate surface area is 319 Å². The molecule has 1 aliphatic rings. The normalized spacial score (nSPS) is 18.2. The maximum atomic E-state index is 13.0. The molecule has 6 rings (SSSR count). The maximum Gasteiger partial charge on any atom is 0.330 e. The summed E-state index contributed by atoms with van der Waals surface area (Å²) in [5.74, 6) is 2.03. The summed E-state index contributed by atoms with van der Waals surface area (Å²) in [6.07, 6.45) is 3.51. The molecule has 0 bridgehead atoms. The monoisotopic (exact) mass is 773 g/mol. The highest BCUT2D eigenvalue weighted by Gasteiger charge is 2.46. The van der Waals surface area contributed by atoms with Crippen LogP contribution in [-0.2, 0) is 28.3 Å². The first kappa shape index (κ1) is 39.6. The molecule has 0 aliphatic carbocycles. The number of methoxy groups -OCH3 is 2. The Hall–Kier alpha value is -4.10. The second-order valence-corrected chi connectivity index (χ2v) is 22.2. The SMILES string of the molecule is COc1ccc(C(Nc2ncnc3c2ncn3[C@@H]2O[C@H](CCP(=O)(OC)OC)C[C@H]2O[Si](C)(C)C(C)(C)C)(c2ccccc2)c2ccc(OC)cc2)cc1. The van der Waals surface area contributed by atoms with Crippen LogP contribution in [0.15, 0.2) is 91.5 Å². The van der Waals surface area contributed by atoms with Gasteiger partial charge < -0.3 is 33.0 Å². The first-order chi connectivity index (χ1) is 25.8. The molecule has 1 aliphatic heterocycles. The Morgan fingerprint density at radius 3 is 1.94 bits per heavy atom. The second-order valence-electron chi connectivity index (χ2n) is 15.0. The van der Waals surface area contributed by atoms with Crippen molar-refractivity contribution in [2.75, 3.05) is 39.9 Å². The molecule has 0 amide bonds. The number of ether oxygens (including phenoxy) is 3. The number of nitrogens with one attached hydrogen (secondary N) is 1. The van der Waals surface area contributed by atoms with E-state index in [1.807, 2.05) is 47.0 Å².